The van der Waals surface area contributed by atoms with E-state index >= 15 is 0 Å². The van der Waals surface area contributed by atoms with Gasteiger partial charge in [0.05, 0.1) is 22.8 Å². The molecule has 2 N–H and O–H groups in total. The van der Waals surface area contributed by atoms with Gasteiger partial charge in [0.1, 0.15) is 0 Å². The van der Waals surface area contributed by atoms with Crippen LogP contribution in [0.4, 0.5) is 0 Å². The molecule has 2 aromatic heterocycles. The molecule has 1 fully saturated rings. The Bertz CT molecular complexity index is 885. The highest BCUT2D eigenvalue weighted by Gasteiger charge is 2.25. The van der Waals surface area contributed by atoms with Crippen LogP contribution in [0.3, 0.4) is 0 Å². The van der Waals surface area contributed by atoms with Crippen molar-refractivity contribution in [3.05, 3.63) is 42.4 Å². The van der Waals surface area contributed by atoms with Gasteiger partial charge in [0, 0.05) is 36.1 Å². The van der Waals surface area contributed by atoms with E-state index in [1.54, 1.807) is 24.7 Å². The Morgan fingerprint density at radius 2 is 1.96 bits per heavy atom. The molecule has 138 valence electrons. The summed E-state index contributed by atoms with van der Waals surface area (Å²) in [6.45, 7) is 3.86. The van der Waals surface area contributed by atoms with E-state index in [9.17, 15) is 10.2 Å². The SMILES string of the molecule is CC(C)(O)c1cc2nn(C3CCC(CO)CC3)cc2cc1-n1cccn1. The van der Waals surface area contributed by atoms with Gasteiger partial charge in [0.15, 0.2) is 0 Å². The van der Waals surface area contributed by atoms with Gasteiger partial charge in [-0.2, -0.15) is 10.2 Å². The molecule has 1 saturated carbocycles. The van der Waals surface area contributed by atoms with Crippen molar-refractivity contribution in [1.29, 1.82) is 0 Å². The average molecular weight is 354 g/mol. The van der Waals surface area contributed by atoms with E-state index in [1.165, 1.54) is 0 Å². The fourth-order valence-electron chi connectivity index (χ4n) is 3.95. The second-order valence-electron chi connectivity index (χ2n) is 7.90. The fourth-order valence-corrected chi connectivity index (χ4v) is 3.95. The van der Waals surface area contributed by atoms with Crippen molar-refractivity contribution in [3.8, 4) is 5.69 Å². The summed E-state index contributed by atoms with van der Waals surface area (Å²) >= 11 is 0. The van der Waals surface area contributed by atoms with Crippen LogP contribution in [0.15, 0.2) is 36.8 Å². The Morgan fingerprint density at radius 1 is 1.19 bits per heavy atom. The Kier molecular flexibility index (Phi) is 4.32. The molecule has 0 atom stereocenters. The number of nitrogens with zero attached hydrogens (tertiary/aromatic N) is 4. The van der Waals surface area contributed by atoms with Crippen LogP contribution in [0.1, 0.15) is 51.1 Å². The Balaban J connectivity index is 1.74. The van der Waals surface area contributed by atoms with Gasteiger partial charge in [0.2, 0.25) is 0 Å². The molecule has 26 heavy (non-hydrogen) atoms. The monoisotopic (exact) mass is 354 g/mol. The second-order valence-corrected chi connectivity index (χ2v) is 7.90. The second kappa shape index (κ2) is 6.52. The maximum atomic E-state index is 10.6. The summed E-state index contributed by atoms with van der Waals surface area (Å²) in [6.07, 6.45) is 9.90. The van der Waals surface area contributed by atoms with Crippen molar-refractivity contribution < 1.29 is 10.2 Å². The molecule has 0 spiro atoms. The van der Waals surface area contributed by atoms with Crippen LogP contribution < -0.4 is 0 Å². The minimum Gasteiger partial charge on any atom is -0.396 e. The summed E-state index contributed by atoms with van der Waals surface area (Å²) in [5.41, 5.74) is 1.59. The summed E-state index contributed by atoms with van der Waals surface area (Å²) in [6, 6.07) is 6.28. The van der Waals surface area contributed by atoms with Crippen LogP contribution in [-0.4, -0.2) is 36.4 Å². The molecule has 6 heteroatoms. The highest BCUT2D eigenvalue weighted by molar-refractivity contribution is 5.82. The van der Waals surface area contributed by atoms with Gasteiger partial charge in [-0.3, -0.25) is 4.68 Å². The molecular weight excluding hydrogens is 328 g/mol. The van der Waals surface area contributed by atoms with Crippen LogP contribution in [0.25, 0.3) is 16.6 Å². The maximum Gasteiger partial charge on any atom is 0.0928 e. The van der Waals surface area contributed by atoms with Crippen molar-refractivity contribution in [3.63, 3.8) is 0 Å². The number of aliphatic hydroxyl groups is 2. The summed E-state index contributed by atoms with van der Waals surface area (Å²) in [5.74, 6) is 0.435. The summed E-state index contributed by atoms with van der Waals surface area (Å²) in [4.78, 5) is 0. The first kappa shape index (κ1) is 17.2. The van der Waals surface area contributed by atoms with Gasteiger partial charge in [-0.1, -0.05) is 0 Å². The van der Waals surface area contributed by atoms with Crippen molar-refractivity contribution in [2.75, 3.05) is 6.61 Å². The smallest absolute Gasteiger partial charge is 0.0928 e. The van der Waals surface area contributed by atoms with Crippen LogP contribution >= 0.6 is 0 Å². The molecule has 1 aliphatic carbocycles. The predicted molar refractivity (Wildman–Crippen MR) is 100 cm³/mol. The Hall–Kier alpha value is -2.18. The third-order valence-electron chi connectivity index (χ3n) is 5.50. The molecule has 0 saturated heterocycles. The predicted octanol–water partition coefficient (Wildman–Crippen LogP) is 3.17. The van der Waals surface area contributed by atoms with Crippen molar-refractivity contribution in [1.82, 2.24) is 19.6 Å². The minimum atomic E-state index is -0.988. The van der Waals surface area contributed by atoms with Gasteiger partial charge < -0.3 is 10.2 Å². The molecule has 0 unspecified atom stereocenters. The first-order chi connectivity index (χ1) is 12.5. The third kappa shape index (κ3) is 3.15. The molecule has 0 bridgehead atoms. The normalized spacial score (nSPS) is 21.4. The summed E-state index contributed by atoms with van der Waals surface area (Å²) in [5, 5.41) is 30.2. The fraction of sp³-hybridized carbons (Fsp3) is 0.500. The molecule has 1 aliphatic rings. The first-order valence-corrected chi connectivity index (χ1v) is 9.32. The van der Waals surface area contributed by atoms with Crippen molar-refractivity contribution >= 4 is 10.9 Å². The third-order valence-corrected chi connectivity index (χ3v) is 5.50. The molecule has 0 amide bonds. The molecule has 4 rings (SSSR count). The number of benzene rings is 1. The van der Waals surface area contributed by atoms with Gasteiger partial charge in [-0.05, 0) is 63.6 Å². The number of hydrogen-bond donors (Lipinski definition) is 2. The van der Waals surface area contributed by atoms with Gasteiger partial charge in [-0.25, -0.2) is 4.68 Å². The highest BCUT2D eigenvalue weighted by atomic mass is 16.3. The highest BCUT2D eigenvalue weighted by Crippen LogP contribution is 2.34. The van der Waals surface area contributed by atoms with Crippen LogP contribution in [0.2, 0.25) is 0 Å². The molecular formula is C20H26N4O2. The maximum absolute atomic E-state index is 10.6. The molecule has 3 aromatic rings. The van der Waals surface area contributed by atoms with E-state index < -0.39 is 5.60 Å². The quantitative estimate of drug-likeness (QED) is 0.754. The van der Waals surface area contributed by atoms with E-state index in [2.05, 4.69) is 22.0 Å². The topological polar surface area (TPSA) is 76.1 Å². The summed E-state index contributed by atoms with van der Waals surface area (Å²) < 4.78 is 3.86. The molecule has 6 nitrogen and oxygen atoms in total. The molecule has 2 heterocycles. The van der Waals surface area contributed by atoms with Gasteiger partial charge >= 0.3 is 0 Å². The van der Waals surface area contributed by atoms with Crippen molar-refractivity contribution in [2.45, 2.75) is 51.2 Å². The van der Waals surface area contributed by atoms with Crippen LogP contribution in [-0.2, 0) is 5.60 Å². The zero-order valence-electron chi connectivity index (χ0n) is 15.3. The number of rotatable bonds is 4. The van der Waals surface area contributed by atoms with Crippen LogP contribution in [0.5, 0.6) is 0 Å². The lowest BCUT2D eigenvalue weighted by Crippen LogP contribution is -2.20. The summed E-state index contributed by atoms with van der Waals surface area (Å²) in [7, 11) is 0. The lowest BCUT2D eigenvalue weighted by atomic mass is 9.87. The van der Waals surface area contributed by atoms with Crippen molar-refractivity contribution in [2.24, 2.45) is 5.92 Å². The number of aromatic nitrogens is 4. The number of hydrogen-bond acceptors (Lipinski definition) is 4. The van der Waals surface area contributed by atoms with E-state index in [0.29, 0.717) is 12.0 Å². The molecule has 1 aromatic carbocycles. The zero-order valence-corrected chi connectivity index (χ0v) is 15.3. The number of aliphatic hydroxyl groups excluding tert-OH is 1. The lowest BCUT2D eigenvalue weighted by molar-refractivity contribution is 0.0785. The van der Waals surface area contributed by atoms with Gasteiger partial charge in [-0.15, -0.1) is 0 Å². The van der Waals surface area contributed by atoms with E-state index in [4.69, 9.17) is 5.10 Å². The minimum absolute atomic E-state index is 0.288. The van der Waals surface area contributed by atoms with Gasteiger partial charge in [0.25, 0.3) is 0 Å². The largest absolute Gasteiger partial charge is 0.396 e. The number of fused-ring (bicyclic) bond motifs is 1. The van der Waals surface area contributed by atoms with E-state index in [1.807, 2.05) is 18.3 Å². The molecule has 0 aliphatic heterocycles. The van der Waals surface area contributed by atoms with E-state index in [-0.39, 0.29) is 6.61 Å². The Morgan fingerprint density at radius 3 is 2.58 bits per heavy atom. The Labute approximate surface area is 153 Å². The average Bonchev–Trinajstić information content (AvgIpc) is 3.29. The first-order valence-electron chi connectivity index (χ1n) is 9.32. The lowest BCUT2D eigenvalue weighted by Gasteiger charge is -2.27. The standard InChI is InChI=1S/C20H26N4O2/c1-20(2,26)17-11-18-15(10-19(17)23-9-3-8-21-23)12-24(22-18)16-6-4-14(13-25)5-7-16/h3,8-12,14,16,25-26H,4-7,13H2,1-2H3. The van der Waals surface area contributed by atoms with E-state index in [0.717, 1.165) is 47.8 Å². The van der Waals surface area contributed by atoms with Crippen LogP contribution in [0, 0.1) is 5.92 Å². The zero-order chi connectivity index (χ0) is 18.3. The molecule has 0 radical (unpaired) electrons.